The van der Waals surface area contributed by atoms with Gasteiger partial charge in [-0.2, -0.15) is 5.26 Å². The molecule has 0 atom stereocenters. The number of unbranched alkanes of at least 4 members (excludes halogenated alkanes) is 8. The average molecular weight is 470 g/mol. The monoisotopic (exact) mass is 469 g/mol. The Bertz CT molecular complexity index is 550. The Kier molecular flexibility index (Phi) is 12.9. The van der Waals surface area contributed by atoms with Crippen LogP contribution in [0.3, 0.4) is 0 Å². The Labute approximate surface area is 214 Å². The zero-order chi connectivity index (χ0) is 24.1. The normalized spacial score (nSPS) is 34.6. The summed E-state index contributed by atoms with van der Waals surface area (Å²) in [5, 5.41) is 9.97. The van der Waals surface area contributed by atoms with Gasteiger partial charge in [0.1, 0.15) is 0 Å². The topological polar surface area (TPSA) is 23.8 Å². The molecule has 0 N–H and O–H groups in total. The van der Waals surface area contributed by atoms with Crippen LogP contribution < -0.4 is 0 Å². The molecule has 0 unspecified atom stereocenters. The van der Waals surface area contributed by atoms with E-state index in [0.717, 1.165) is 29.6 Å². The second-order valence-corrected chi connectivity index (χ2v) is 13.1. The summed E-state index contributed by atoms with van der Waals surface area (Å²) in [6.07, 6.45) is 33.9. The third-order valence-electron chi connectivity index (χ3n) is 10.7. The molecule has 0 bridgehead atoms. The molecule has 196 valence electrons. The maximum Gasteiger partial charge on any atom is 0.0689 e. The van der Waals surface area contributed by atoms with E-state index in [-0.39, 0.29) is 5.41 Å². The molecule has 3 aliphatic carbocycles. The van der Waals surface area contributed by atoms with E-state index in [9.17, 15) is 5.26 Å². The number of hydrogen-bond acceptors (Lipinski definition) is 1. The van der Waals surface area contributed by atoms with E-state index in [1.807, 2.05) is 0 Å². The summed E-state index contributed by atoms with van der Waals surface area (Å²) < 4.78 is 0. The Morgan fingerprint density at radius 3 is 1.50 bits per heavy atom. The lowest BCUT2D eigenvalue weighted by Crippen LogP contribution is -2.32. The van der Waals surface area contributed by atoms with Gasteiger partial charge in [-0.3, -0.25) is 0 Å². The first-order chi connectivity index (χ1) is 16.7. The molecular weight excluding hydrogens is 410 g/mol. The Morgan fingerprint density at radius 1 is 0.559 bits per heavy atom. The second-order valence-electron chi connectivity index (χ2n) is 13.1. The van der Waals surface area contributed by atoms with Gasteiger partial charge in [0.15, 0.2) is 0 Å². The lowest BCUT2D eigenvalue weighted by Gasteiger charge is -2.43. The van der Waals surface area contributed by atoms with Gasteiger partial charge in [0.25, 0.3) is 0 Å². The molecule has 3 saturated carbocycles. The Morgan fingerprint density at radius 2 is 1.00 bits per heavy atom. The van der Waals surface area contributed by atoms with E-state index in [1.54, 1.807) is 12.8 Å². The number of nitriles is 1. The number of hydrogen-bond donors (Lipinski definition) is 0. The van der Waals surface area contributed by atoms with E-state index in [2.05, 4.69) is 19.9 Å². The van der Waals surface area contributed by atoms with Gasteiger partial charge < -0.3 is 0 Å². The van der Waals surface area contributed by atoms with Gasteiger partial charge in [0.2, 0.25) is 0 Å². The minimum Gasteiger partial charge on any atom is -0.198 e. The van der Waals surface area contributed by atoms with Gasteiger partial charge in [-0.15, -0.1) is 0 Å². The van der Waals surface area contributed by atoms with E-state index in [0.29, 0.717) is 0 Å². The molecule has 1 nitrogen and oxygen atoms in total. The van der Waals surface area contributed by atoms with Crippen LogP contribution in [0, 0.1) is 46.3 Å². The molecule has 1 heteroatoms. The molecule has 0 aliphatic heterocycles. The van der Waals surface area contributed by atoms with Gasteiger partial charge in [-0.05, 0) is 100 Å². The first-order valence-electron chi connectivity index (χ1n) is 16.1. The van der Waals surface area contributed by atoms with Crippen molar-refractivity contribution >= 4 is 0 Å². The highest BCUT2D eigenvalue weighted by molar-refractivity contribution is 5.02. The van der Waals surface area contributed by atoms with Crippen LogP contribution >= 0.6 is 0 Å². The van der Waals surface area contributed by atoms with E-state index < -0.39 is 0 Å². The Hall–Kier alpha value is -0.510. The molecule has 0 aromatic heterocycles. The SMILES string of the molecule is CCCCCCC[C@H]1CC[C@H](C2CCC([C@H]3CC[C@@](C#N)(CCCCCCC)CC3)CC2)CC1. The van der Waals surface area contributed by atoms with Crippen LogP contribution in [0.2, 0.25) is 0 Å². The van der Waals surface area contributed by atoms with Crippen molar-refractivity contribution in [2.24, 2.45) is 35.0 Å². The van der Waals surface area contributed by atoms with Gasteiger partial charge in [-0.1, -0.05) is 97.3 Å². The van der Waals surface area contributed by atoms with Crippen LogP contribution in [0.4, 0.5) is 0 Å². The molecule has 0 radical (unpaired) electrons. The highest BCUT2D eigenvalue weighted by Gasteiger charge is 2.39. The van der Waals surface area contributed by atoms with Gasteiger partial charge >= 0.3 is 0 Å². The van der Waals surface area contributed by atoms with Crippen molar-refractivity contribution in [2.75, 3.05) is 0 Å². The lowest BCUT2D eigenvalue weighted by molar-refractivity contribution is 0.0897. The van der Waals surface area contributed by atoms with Crippen molar-refractivity contribution in [3.8, 4) is 6.07 Å². The van der Waals surface area contributed by atoms with Crippen molar-refractivity contribution in [1.29, 1.82) is 5.26 Å². The predicted molar refractivity (Wildman–Crippen MR) is 148 cm³/mol. The average Bonchev–Trinajstić information content (AvgIpc) is 2.89. The molecule has 3 rings (SSSR count). The fourth-order valence-corrected chi connectivity index (χ4v) is 8.22. The quantitative estimate of drug-likeness (QED) is 0.232. The molecule has 0 heterocycles. The van der Waals surface area contributed by atoms with Crippen LogP contribution in [0.15, 0.2) is 0 Å². The zero-order valence-corrected chi connectivity index (χ0v) is 23.3. The summed E-state index contributed by atoms with van der Waals surface area (Å²) in [6.45, 7) is 4.60. The second kappa shape index (κ2) is 15.6. The minimum atomic E-state index is 0.0363. The van der Waals surface area contributed by atoms with Crippen LogP contribution in [0.1, 0.15) is 168 Å². The number of rotatable bonds is 14. The lowest BCUT2D eigenvalue weighted by atomic mass is 9.62. The van der Waals surface area contributed by atoms with Crippen LogP contribution in [0.5, 0.6) is 0 Å². The molecule has 3 aliphatic rings. The summed E-state index contributed by atoms with van der Waals surface area (Å²) in [6, 6.07) is 2.81. The summed E-state index contributed by atoms with van der Waals surface area (Å²) in [5.74, 6) is 5.08. The largest absolute Gasteiger partial charge is 0.198 e. The fourth-order valence-electron chi connectivity index (χ4n) is 8.22. The smallest absolute Gasteiger partial charge is 0.0689 e. The van der Waals surface area contributed by atoms with Gasteiger partial charge in [0, 0.05) is 0 Å². The summed E-state index contributed by atoms with van der Waals surface area (Å²) >= 11 is 0. The van der Waals surface area contributed by atoms with E-state index >= 15 is 0 Å². The van der Waals surface area contributed by atoms with Crippen molar-refractivity contribution in [2.45, 2.75) is 168 Å². The fraction of sp³-hybridized carbons (Fsp3) is 0.970. The van der Waals surface area contributed by atoms with Crippen molar-refractivity contribution in [3.05, 3.63) is 0 Å². The Balaban J connectivity index is 1.29. The summed E-state index contributed by atoms with van der Waals surface area (Å²) in [7, 11) is 0. The predicted octanol–water partition coefficient (Wildman–Crippen LogP) is 11.0. The standard InChI is InChI=1S/C33H59N/c1-3-5-7-9-11-13-28-14-16-29(17-15-28)30-18-20-31(21-19-30)32-22-25-33(27-34,26-23-32)24-12-10-8-6-4-2/h28-32H,3-26H2,1-2H3/t28-,29-,30?,31?,32-,33-. The zero-order valence-electron chi connectivity index (χ0n) is 23.3. The van der Waals surface area contributed by atoms with Gasteiger partial charge in [0.05, 0.1) is 11.5 Å². The minimum absolute atomic E-state index is 0.0363. The van der Waals surface area contributed by atoms with E-state index in [4.69, 9.17) is 0 Å². The molecular formula is C33H59N. The highest BCUT2D eigenvalue weighted by atomic mass is 14.5. The maximum atomic E-state index is 9.97. The molecule has 3 fully saturated rings. The third kappa shape index (κ3) is 8.86. The molecule has 0 amide bonds. The molecule has 0 spiro atoms. The summed E-state index contributed by atoms with van der Waals surface area (Å²) in [4.78, 5) is 0. The first kappa shape index (κ1) is 28.1. The number of nitrogens with zero attached hydrogens (tertiary/aromatic N) is 1. The maximum absolute atomic E-state index is 9.97. The molecule has 34 heavy (non-hydrogen) atoms. The van der Waals surface area contributed by atoms with Crippen LogP contribution in [-0.4, -0.2) is 0 Å². The van der Waals surface area contributed by atoms with Crippen molar-refractivity contribution < 1.29 is 0 Å². The van der Waals surface area contributed by atoms with E-state index in [1.165, 1.54) is 141 Å². The highest BCUT2D eigenvalue weighted by Crippen LogP contribution is 2.49. The molecule has 0 aromatic carbocycles. The van der Waals surface area contributed by atoms with Crippen LogP contribution in [0.25, 0.3) is 0 Å². The van der Waals surface area contributed by atoms with Crippen molar-refractivity contribution in [1.82, 2.24) is 0 Å². The first-order valence-corrected chi connectivity index (χ1v) is 16.1. The van der Waals surface area contributed by atoms with Crippen LogP contribution in [-0.2, 0) is 0 Å². The third-order valence-corrected chi connectivity index (χ3v) is 10.7. The molecule has 0 saturated heterocycles. The summed E-state index contributed by atoms with van der Waals surface area (Å²) in [5.41, 5.74) is 0.0363. The molecule has 0 aromatic rings. The van der Waals surface area contributed by atoms with Gasteiger partial charge in [-0.25, -0.2) is 0 Å². The van der Waals surface area contributed by atoms with Crippen molar-refractivity contribution in [3.63, 3.8) is 0 Å².